The van der Waals surface area contributed by atoms with Gasteiger partial charge in [-0.3, -0.25) is 4.79 Å². The summed E-state index contributed by atoms with van der Waals surface area (Å²) >= 11 is 0. The summed E-state index contributed by atoms with van der Waals surface area (Å²) in [6.07, 6.45) is -4.36. The molecule has 1 amide bonds. The van der Waals surface area contributed by atoms with Crippen LogP contribution in [0.1, 0.15) is 11.1 Å². The van der Waals surface area contributed by atoms with Crippen LogP contribution in [-0.2, 0) is 17.4 Å². The number of carbonyl (C=O) groups is 1. The van der Waals surface area contributed by atoms with Gasteiger partial charge in [-0.05, 0) is 11.6 Å². The van der Waals surface area contributed by atoms with E-state index in [9.17, 15) is 18.0 Å². The monoisotopic (exact) mass is 265 g/mol. The van der Waals surface area contributed by atoms with Crippen LogP contribution in [0.5, 0.6) is 0 Å². The molecule has 6 heteroatoms. The fourth-order valence-corrected chi connectivity index (χ4v) is 1.19. The van der Waals surface area contributed by atoms with E-state index in [0.717, 1.165) is 12.1 Å². The lowest BCUT2D eigenvalue weighted by Gasteiger charge is -2.08. The van der Waals surface area contributed by atoms with E-state index in [-0.39, 0.29) is 24.4 Å². The van der Waals surface area contributed by atoms with Gasteiger partial charge in [0.2, 0.25) is 5.91 Å². The van der Waals surface area contributed by atoms with Gasteiger partial charge in [0.1, 0.15) is 0 Å². The summed E-state index contributed by atoms with van der Waals surface area (Å²) in [5.41, 5.74) is 4.64. The number of halogens is 4. The highest BCUT2D eigenvalue weighted by Crippen LogP contribution is 2.29. The van der Waals surface area contributed by atoms with E-state index < -0.39 is 17.6 Å². The normalized spacial score (nSPS) is 10.5. The quantitative estimate of drug-likeness (QED) is 0.839. The molecule has 0 saturated carbocycles. The summed E-state index contributed by atoms with van der Waals surface area (Å²) in [4.78, 5) is 10.7. The molecule has 17 heavy (non-hydrogen) atoms. The lowest BCUT2D eigenvalue weighted by molar-refractivity contribution is -0.137. The van der Waals surface area contributed by atoms with E-state index >= 15 is 0 Å². The maximum atomic E-state index is 12.3. The minimum absolute atomic E-state index is 0. The van der Waals surface area contributed by atoms with E-state index in [1.807, 2.05) is 0 Å². The molecule has 94 valence electrons. The van der Waals surface area contributed by atoms with Gasteiger partial charge >= 0.3 is 6.18 Å². The molecule has 0 aromatic heterocycles. The zero-order valence-corrected chi connectivity index (χ0v) is 9.57. The third-order valence-corrected chi connectivity index (χ3v) is 2.02. The molecule has 2 N–H and O–H groups in total. The highest BCUT2D eigenvalue weighted by Gasteiger charge is 2.30. The standard InChI is InChI=1S/C11H10F3NO.ClH/c1-7(10(15)16)5-8-3-2-4-9(6-8)11(12,13)14;/h2-4,6H,1,5H2,(H2,15,16);1H. The van der Waals surface area contributed by atoms with Crippen molar-refractivity contribution in [2.75, 3.05) is 0 Å². The van der Waals surface area contributed by atoms with Crippen molar-refractivity contribution in [1.29, 1.82) is 0 Å². The second kappa shape index (κ2) is 5.72. The van der Waals surface area contributed by atoms with Gasteiger partial charge in [-0.2, -0.15) is 13.2 Å². The zero-order chi connectivity index (χ0) is 12.3. The van der Waals surface area contributed by atoms with Gasteiger partial charge in [-0.15, -0.1) is 12.4 Å². The van der Waals surface area contributed by atoms with Crippen molar-refractivity contribution in [2.24, 2.45) is 5.73 Å². The Labute approximate surface area is 103 Å². The Morgan fingerprint density at radius 2 is 1.94 bits per heavy atom. The van der Waals surface area contributed by atoms with E-state index in [1.54, 1.807) is 0 Å². The molecule has 0 aliphatic heterocycles. The second-order valence-corrected chi connectivity index (χ2v) is 3.34. The SMILES string of the molecule is C=C(Cc1cccc(C(F)(F)F)c1)C(N)=O.Cl. The number of benzene rings is 1. The Hall–Kier alpha value is -1.49. The van der Waals surface area contributed by atoms with Crippen LogP contribution in [0.15, 0.2) is 36.4 Å². The van der Waals surface area contributed by atoms with Crippen molar-refractivity contribution in [3.8, 4) is 0 Å². The van der Waals surface area contributed by atoms with Crippen molar-refractivity contribution >= 4 is 18.3 Å². The smallest absolute Gasteiger partial charge is 0.366 e. The first-order valence-corrected chi connectivity index (χ1v) is 4.44. The number of hydrogen-bond acceptors (Lipinski definition) is 1. The number of nitrogens with two attached hydrogens (primary N) is 1. The van der Waals surface area contributed by atoms with Crippen molar-refractivity contribution in [1.82, 2.24) is 0 Å². The Morgan fingerprint density at radius 1 is 1.35 bits per heavy atom. The summed E-state index contributed by atoms with van der Waals surface area (Å²) in [5.74, 6) is -0.711. The Kier molecular flexibility index (Phi) is 5.22. The van der Waals surface area contributed by atoms with Crippen molar-refractivity contribution in [3.63, 3.8) is 0 Å². The summed E-state index contributed by atoms with van der Waals surface area (Å²) in [7, 11) is 0. The van der Waals surface area contributed by atoms with Gasteiger partial charge in [0.05, 0.1) is 5.56 Å². The van der Waals surface area contributed by atoms with E-state index in [1.165, 1.54) is 12.1 Å². The average Bonchev–Trinajstić information content (AvgIpc) is 2.16. The first kappa shape index (κ1) is 15.5. The number of hydrogen-bond donors (Lipinski definition) is 1. The summed E-state index contributed by atoms with van der Waals surface area (Å²) in [5, 5.41) is 0. The minimum Gasteiger partial charge on any atom is -0.366 e. The van der Waals surface area contributed by atoms with Crippen LogP contribution < -0.4 is 5.73 Å². The van der Waals surface area contributed by atoms with Crippen LogP contribution in [0, 0.1) is 0 Å². The molecule has 0 fully saturated rings. The number of amides is 1. The summed E-state index contributed by atoms with van der Waals surface area (Å²) < 4.78 is 37.0. The van der Waals surface area contributed by atoms with Gasteiger partial charge in [-0.1, -0.05) is 24.8 Å². The number of primary amides is 1. The molecule has 0 saturated heterocycles. The van der Waals surface area contributed by atoms with Gasteiger partial charge in [0.15, 0.2) is 0 Å². The van der Waals surface area contributed by atoms with Crippen LogP contribution in [0.3, 0.4) is 0 Å². The fourth-order valence-electron chi connectivity index (χ4n) is 1.19. The van der Waals surface area contributed by atoms with Crippen LogP contribution in [-0.4, -0.2) is 5.91 Å². The van der Waals surface area contributed by atoms with E-state index in [2.05, 4.69) is 6.58 Å². The average molecular weight is 266 g/mol. The largest absolute Gasteiger partial charge is 0.416 e. The molecule has 1 aromatic rings. The maximum absolute atomic E-state index is 12.3. The highest BCUT2D eigenvalue weighted by atomic mass is 35.5. The molecular formula is C11H11ClF3NO. The lowest BCUT2D eigenvalue weighted by atomic mass is 10.0. The maximum Gasteiger partial charge on any atom is 0.416 e. The zero-order valence-electron chi connectivity index (χ0n) is 8.75. The Bertz CT molecular complexity index is 429. The molecular weight excluding hydrogens is 255 g/mol. The minimum atomic E-state index is -4.38. The molecule has 0 heterocycles. The molecule has 0 bridgehead atoms. The number of carbonyl (C=O) groups excluding carboxylic acids is 1. The molecule has 0 aliphatic rings. The molecule has 2 nitrogen and oxygen atoms in total. The fraction of sp³-hybridized carbons (Fsp3) is 0.182. The molecule has 0 unspecified atom stereocenters. The number of rotatable bonds is 3. The predicted molar refractivity (Wildman–Crippen MR) is 60.7 cm³/mol. The molecule has 0 radical (unpaired) electrons. The molecule has 0 spiro atoms. The van der Waals surface area contributed by atoms with Gasteiger partial charge in [-0.25, -0.2) is 0 Å². The second-order valence-electron chi connectivity index (χ2n) is 3.34. The molecule has 1 rings (SSSR count). The van der Waals surface area contributed by atoms with Gasteiger partial charge in [0.25, 0.3) is 0 Å². The van der Waals surface area contributed by atoms with Crippen LogP contribution in [0.25, 0.3) is 0 Å². The van der Waals surface area contributed by atoms with Gasteiger partial charge < -0.3 is 5.73 Å². The number of alkyl halides is 3. The van der Waals surface area contributed by atoms with Crippen molar-refractivity contribution in [2.45, 2.75) is 12.6 Å². The molecule has 0 atom stereocenters. The Morgan fingerprint density at radius 3 is 2.41 bits per heavy atom. The lowest BCUT2D eigenvalue weighted by Crippen LogP contribution is -2.15. The van der Waals surface area contributed by atoms with Crippen molar-refractivity contribution < 1.29 is 18.0 Å². The van der Waals surface area contributed by atoms with Crippen LogP contribution in [0.4, 0.5) is 13.2 Å². The topological polar surface area (TPSA) is 43.1 Å². The molecule has 1 aromatic carbocycles. The van der Waals surface area contributed by atoms with Gasteiger partial charge in [0, 0.05) is 12.0 Å². The Balaban J connectivity index is 0.00000256. The summed E-state index contributed by atoms with van der Waals surface area (Å²) in [6, 6.07) is 4.72. The first-order valence-electron chi connectivity index (χ1n) is 4.44. The third-order valence-electron chi connectivity index (χ3n) is 2.02. The summed E-state index contributed by atoms with van der Waals surface area (Å²) in [6.45, 7) is 3.39. The van der Waals surface area contributed by atoms with Crippen LogP contribution >= 0.6 is 12.4 Å². The highest BCUT2D eigenvalue weighted by molar-refractivity contribution is 5.91. The predicted octanol–water partition coefficient (Wildman–Crippen LogP) is 2.71. The van der Waals surface area contributed by atoms with Crippen LogP contribution in [0.2, 0.25) is 0 Å². The van der Waals surface area contributed by atoms with E-state index in [4.69, 9.17) is 5.73 Å². The first-order chi connectivity index (χ1) is 7.30. The van der Waals surface area contributed by atoms with Crippen molar-refractivity contribution in [3.05, 3.63) is 47.5 Å². The third kappa shape index (κ3) is 4.48. The van der Waals surface area contributed by atoms with E-state index in [0.29, 0.717) is 5.56 Å². The molecule has 0 aliphatic carbocycles.